The number of benzene rings is 2. The van der Waals surface area contributed by atoms with Crippen molar-refractivity contribution in [2.24, 2.45) is 5.92 Å². The first-order valence-electron chi connectivity index (χ1n) is 9.56. The minimum atomic E-state index is -0.370. The summed E-state index contributed by atoms with van der Waals surface area (Å²) in [5.74, 6) is 0.400. The Labute approximate surface area is 160 Å². The number of piperidine rings is 1. The zero-order chi connectivity index (χ0) is 19.2. The van der Waals surface area contributed by atoms with E-state index in [-0.39, 0.29) is 17.8 Å². The average molecular weight is 370 g/mol. The van der Waals surface area contributed by atoms with Crippen LogP contribution < -0.4 is 10.2 Å². The third-order valence-electron chi connectivity index (χ3n) is 5.24. The van der Waals surface area contributed by atoms with Crippen LogP contribution in [0.1, 0.15) is 36.8 Å². The molecule has 0 saturated carbocycles. The average Bonchev–Trinajstić information content (AvgIpc) is 2.69. The van der Waals surface area contributed by atoms with Crippen molar-refractivity contribution in [2.45, 2.75) is 25.7 Å². The second kappa shape index (κ2) is 9.00. The Morgan fingerprint density at radius 2 is 1.89 bits per heavy atom. The van der Waals surface area contributed by atoms with Gasteiger partial charge in [0.2, 0.25) is 0 Å². The Bertz CT molecular complexity index is 757. The topological polar surface area (TPSA) is 41.6 Å². The highest BCUT2D eigenvalue weighted by Gasteiger charge is 2.27. The molecule has 144 valence electrons. The molecule has 0 aliphatic carbocycles. The molecule has 27 heavy (non-hydrogen) atoms. The number of hydrogen-bond acceptors (Lipinski definition) is 3. The molecule has 1 aliphatic rings. The predicted molar refractivity (Wildman–Crippen MR) is 106 cm³/mol. The van der Waals surface area contributed by atoms with Gasteiger partial charge >= 0.3 is 6.09 Å². The lowest BCUT2D eigenvalue weighted by Gasteiger charge is -2.32. The number of ether oxygens (including phenoxy) is 1. The molecule has 3 rings (SSSR count). The smallest absolute Gasteiger partial charge is 0.413 e. The molecule has 1 N–H and O–H groups in total. The fourth-order valence-electron chi connectivity index (χ4n) is 3.85. The fraction of sp³-hybridized carbons (Fsp3) is 0.409. The van der Waals surface area contributed by atoms with E-state index in [1.807, 2.05) is 30.3 Å². The van der Waals surface area contributed by atoms with Crippen LogP contribution in [0.25, 0.3) is 0 Å². The summed E-state index contributed by atoms with van der Waals surface area (Å²) in [5, 5.41) is 3.40. The van der Waals surface area contributed by atoms with Gasteiger partial charge in [-0.1, -0.05) is 24.3 Å². The summed E-state index contributed by atoms with van der Waals surface area (Å²) in [6.07, 6.45) is 1.75. The van der Waals surface area contributed by atoms with E-state index in [0.29, 0.717) is 12.5 Å². The molecule has 0 aromatic heterocycles. The largest absolute Gasteiger partial charge is 0.449 e. The first kappa shape index (κ1) is 19.4. The lowest BCUT2D eigenvalue weighted by atomic mass is 9.76. The molecule has 1 aliphatic heterocycles. The number of anilines is 1. The van der Waals surface area contributed by atoms with E-state index in [1.165, 1.54) is 11.0 Å². The van der Waals surface area contributed by atoms with Crippen molar-refractivity contribution in [3.63, 3.8) is 0 Å². The molecule has 0 radical (unpaired) electrons. The van der Waals surface area contributed by atoms with Gasteiger partial charge in [0, 0.05) is 18.7 Å². The summed E-state index contributed by atoms with van der Waals surface area (Å²) in [5.41, 5.74) is 2.93. The van der Waals surface area contributed by atoms with Crippen molar-refractivity contribution in [2.75, 3.05) is 31.6 Å². The molecule has 1 atom stereocenters. The van der Waals surface area contributed by atoms with Crippen LogP contribution in [0, 0.1) is 11.7 Å². The molecule has 1 heterocycles. The van der Waals surface area contributed by atoms with Gasteiger partial charge < -0.3 is 10.1 Å². The molecular weight excluding hydrogens is 343 g/mol. The number of nitrogens with one attached hydrogen (secondary N) is 1. The number of carbonyl (C=O) groups is 1. The highest BCUT2D eigenvalue weighted by Crippen LogP contribution is 2.37. The fourth-order valence-corrected chi connectivity index (χ4v) is 3.85. The van der Waals surface area contributed by atoms with E-state index in [1.54, 1.807) is 26.1 Å². The van der Waals surface area contributed by atoms with Crippen LogP contribution in [0.3, 0.4) is 0 Å². The number of halogens is 1. The third-order valence-corrected chi connectivity index (χ3v) is 5.24. The maximum Gasteiger partial charge on any atom is 0.413 e. The molecule has 4 nitrogen and oxygen atoms in total. The number of hydrogen-bond donors (Lipinski definition) is 1. The van der Waals surface area contributed by atoms with Gasteiger partial charge in [0.05, 0.1) is 6.61 Å². The van der Waals surface area contributed by atoms with Crippen molar-refractivity contribution in [1.29, 1.82) is 0 Å². The van der Waals surface area contributed by atoms with Crippen LogP contribution in [0.15, 0.2) is 48.5 Å². The van der Waals surface area contributed by atoms with Gasteiger partial charge in [-0.25, -0.2) is 9.18 Å². The lowest BCUT2D eigenvalue weighted by molar-refractivity contribution is 0.161. The zero-order valence-electron chi connectivity index (χ0n) is 16.0. The number of amides is 1. The summed E-state index contributed by atoms with van der Waals surface area (Å²) in [6.45, 7) is 4.11. The Kier molecular flexibility index (Phi) is 6.45. The first-order valence-corrected chi connectivity index (χ1v) is 9.56. The molecule has 0 spiro atoms. The molecule has 1 unspecified atom stereocenters. The zero-order valence-corrected chi connectivity index (χ0v) is 16.0. The molecule has 1 fully saturated rings. The minimum absolute atomic E-state index is 0.143. The number of carbonyl (C=O) groups excluding carboxylic acids is 1. The summed E-state index contributed by atoms with van der Waals surface area (Å²) in [6, 6.07) is 14.9. The van der Waals surface area contributed by atoms with Crippen LogP contribution in [-0.2, 0) is 4.74 Å². The van der Waals surface area contributed by atoms with Gasteiger partial charge in [-0.15, -0.1) is 0 Å². The van der Waals surface area contributed by atoms with Crippen molar-refractivity contribution in [1.82, 2.24) is 5.32 Å². The summed E-state index contributed by atoms with van der Waals surface area (Å²) in [7, 11) is 1.70. The number of rotatable bonds is 5. The maximum atomic E-state index is 13.9. The quantitative estimate of drug-likeness (QED) is 0.839. The first-order chi connectivity index (χ1) is 13.1. The van der Waals surface area contributed by atoms with Crippen molar-refractivity contribution < 1.29 is 13.9 Å². The molecule has 5 heteroatoms. The van der Waals surface area contributed by atoms with Crippen LogP contribution in [0.5, 0.6) is 0 Å². The van der Waals surface area contributed by atoms with Crippen LogP contribution in [0.4, 0.5) is 14.9 Å². The lowest BCUT2D eigenvalue weighted by Crippen LogP contribution is -2.31. The molecule has 1 saturated heterocycles. The number of nitrogens with zero attached hydrogens (tertiary/aromatic N) is 1. The standard InChI is InChI=1S/C22H27FN2O2/c1-3-27-22(26)25(2)20-9-7-16(8-10-20)21(17-11-13-24-14-12-17)18-5-4-6-19(23)15-18/h4-10,15,17,21,24H,3,11-14H2,1-2H3. The molecule has 2 aromatic carbocycles. The second-order valence-corrected chi connectivity index (χ2v) is 6.97. The normalized spacial score (nSPS) is 16.0. The second-order valence-electron chi connectivity index (χ2n) is 6.97. The summed E-state index contributed by atoms with van der Waals surface area (Å²) in [4.78, 5) is 13.4. The summed E-state index contributed by atoms with van der Waals surface area (Å²) >= 11 is 0. The highest BCUT2D eigenvalue weighted by atomic mass is 19.1. The van der Waals surface area contributed by atoms with Gasteiger partial charge in [0.1, 0.15) is 5.82 Å². The van der Waals surface area contributed by atoms with E-state index >= 15 is 0 Å². The predicted octanol–water partition coefficient (Wildman–Crippen LogP) is 4.55. The Morgan fingerprint density at radius 1 is 1.19 bits per heavy atom. The van der Waals surface area contributed by atoms with E-state index in [0.717, 1.165) is 42.7 Å². The van der Waals surface area contributed by atoms with Gasteiger partial charge in [-0.2, -0.15) is 0 Å². The van der Waals surface area contributed by atoms with E-state index in [2.05, 4.69) is 5.32 Å². The van der Waals surface area contributed by atoms with Gasteiger partial charge in [-0.05, 0) is 74.2 Å². The van der Waals surface area contributed by atoms with Gasteiger partial charge in [-0.3, -0.25) is 4.90 Å². The van der Waals surface area contributed by atoms with Crippen LogP contribution >= 0.6 is 0 Å². The van der Waals surface area contributed by atoms with Crippen LogP contribution in [-0.4, -0.2) is 32.8 Å². The Balaban J connectivity index is 1.89. The highest BCUT2D eigenvalue weighted by molar-refractivity contribution is 5.86. The van der Waals surface area contributed by atoms with Crippen molar-refractivity contribution in [3.05, 3.63) is 65.5 Å². The monoisotopic (exact) mass is 370 g/mol. The SMILES string of the molecule is CCOC(=O)N(C)c1ccc(C(c2cccc(F)c2)C2CCNCC2)cc1. The molecule has 1 amide bonds. The minimum Gasteiger partial charge on any atom is -0.449 e. The van der Waals surface area contributed by atoms with Crippen molar-refractivity contribution in [3.8, 4) is 0 Å². The van der Waals surface area contributed by atoms with E-state index in [9.17, 15) is 9.18 Å². The Morgan fingerprint density at radius 3 is 2.52 bits per heavy atom. The van der Waals surface area contributed by atoms with E-state index < -0.39 is 0 Å². The summed E-state index contributed by atoms with van der Waals surface area (Å²) < 4.78 is 18.9. The van der Waals surface area contributed by atoms with Crippen molar-refractivity contribution >= 4 is 11.8 Å². The Hall–Kier alpha value is -2.40. The van der Waals surface area contributed by atoms with Gasteiger partial charge in [0.15, 0.2) is 0 Å². The molecule has 2 aromatic rings. The molecular formula is C22H27FN2O2. The third kappa shape index (κ3) is 4.66. The van der Waals surface area contributed by atoms with Crippen LogP contribution in [0.2, 0.25) is 0 Å². The molecule has 0 bridgehead atoms. The van der Waals surface area contributed by atoms with Gasteiger partial charge in [0.25, 0.3) is 0 Å². The van der Waals surface area contributed by atoms with E-state index in [4.69, 9.17) is 4.74 Å². The maximum absolute atomic E-state index is 13.9.